The number of carbonyl (C=O) groups excluding carboxylic acids is 1. The number of thioether (sulfide) groups is 1. The number of aromatic nitrogens is 4. The molecule has 30 heavy (non-hydrogen) atoms. The second-order valence-electron chi connectivity index (χ2n) is 7.16. The lowest BCUT2D eigenvalue weighted by molar-refractivity contribution is -0.176. The number of hydrogen-bond acceptors (Lipinski definition) is 11. The van der Waals surface area contributed by atoms with Crippen LogP contribution in [0.5, 0.6) is 0 Å². The van der Waals surface area contributed by atoms with E-state index in [1.165, 1.54) is 6.33 Å². The van der Waals surface area contributed by atoms with Gasteiger partial charge in [-0.05, 0) is 24.9 Å². The summed E-state index contributed by atoms with van der Waals surface area (Å²) in [5, 5.41) is 31.1. The third-order valence-corrected chi connectivity index (χ3v) is 5.75. The van der Waals surface area contributed by atoms with Crippen molar-refractivity contribution in [2.24, 2.45) is 5.73 Å². The second-order valence-corrected chi connectivity index (χ2v) is 8.15. The normalized spacial score (nSPS) is 25.0. The molecule has 1 saturated heterocycles. The van der Waals surface area contributed by atoms with Crippen LogP contribution in [0.1, 0.15) is 12.8 Å². The van der Waals surface area contributed by atoms with E-state index in [2.05, 4.69) is 15.0 Å². The standard InChI is InChI=1S/C17H27N7O5S/c1-30-5-3-9(18)17(27)24(28)6-11-14(26)13(25)10(29-11)2-4-23-8-22-12-15(19)20-7-21-16(12)23/h7-11,13-14,25-26,28H,2-6,18H2,1H3,(H2,19,20,21)/t9-,10-,11+,13-,14+/m0/s1. The number of nitrogens with zero attached hydrogens (tertiary/aromatic N) is 5. The van der Waals surface area contributed by atoms with Gasteiger partial charge in [-0.3, -0.25) is 10.0 Å². The Morgan fingerprint density at radius 1 is 1.33 bits per heavy atom. The van der Waals surface area contributed by atoms with Gasteiger partial charge in [0, 0.05) is 6.54 Å². The fraction of sp³-hybridized carbons (Fsp3) is 0.647. The number of carbonyl (C=O) groups is 1. The van der Waals surface area contributed by atoms with E-state index in [0.29, 0.717) is 41.4 Å². The molecule has 1 aliphatic heterocycles. The summed E-state index contributed by atoms with van der Waals surface area (Å²) >= 11 is 1.55. The van der Waals surface area contributed by atoms with Gasteiger partial charge in [-0.2, -0.15) is 11.8 Å². The number of nitrogens with two attached hydrogens (primary N) is 2. The van der Waals surface area contributed by atoms with Crippen molar-refractivity contribution in [3.63, 3.8) is 0 Å². The minimum atomic E-state index is -1.25. The number of aliphatic hydroxyl groups is 2. The first kappa shape index (κ1) is 22.7. The molecule has 2 aromatic heterocycles. The maximum absolute atomic E-state index is 12.1. The Bertz CT molecular complexity index is 868. The van der Waals surface area contributed by atoms with Gasteiger partial charge < -0.3 is 31.0 Å². The first-order valence-corrected chi connectivity index (χ1v) is 10.9. The highest BCUT2D eigenvalue weighted by Gasteiger charge is 2.43. The summed E-state index contributed by atoms with van der Waals surface area (Å²) in [7, 11) is 0. The van der Waals surface area contributed by atoms with E-state index in [4.69, 9.17) is 16.2 Å². The number of hydroxylamine groups is 2. The summed E-state index contributed by atoms with van der Waals surface area (Å²) in [4.78, 5) is 24.4. The van der Waals surface area contributed by atoms with Gasteiger partial charge in [0.05, 0.1) is 25.0 Å². The summed E-state index contributed by atoms with van der Waals surface area (Å²) in [5.74, 6) is 0.304. The number of aryl methyl sites for hydroxylation is 1. The Morgan fingerprint density at radius 2 is 2.07 bits per heavy atom. The minimum Gasteiger partial charge on any atom is -0.388 e. The number of imidazole rings is 1. The van der Waals surface area contributed by atoms with Gasteiger partial charge in [0.2, 0.25) is 0 Å². The van der Waals surface area contributed by atoms with Crippen molar-refractivity contribution >= 4 is 34.7 Å². The number of fused-ring (bicyclic) bond motifs is 1. The van der Waals surface area contributed by atoms with Gasteiger partial charge in [0.25, 0.3) is 5.91 Å². The predicted octanol–water partition coefficient (Wildman–Crippen LogP) is -1.41. The largest absolute Gasteiger partial charge is 0.388 e. The molecule has 0 spiro atoms. The molecular formula is C17H27N7O5S. The van der Waals surface area contributed by atoms with Gasteiger partial charge in [-0.25, -0.2) is 20.0 Å². The molecular weight excluding hydrogens is 414 g/mol. The van der Waals surface area contributed by atoms with E-state index in [0.717, 1.165) is 0 Å². The van der Waals surface area contributed by atoms with Crippen LogP contribution in [-0.2, 0) is 16.1 Å². The Kier molecular flexibility index (Phi) is 7.44. The van der Waals surface area contributed by atoms with E-state index in [1.807, 2.05) is 6.26 Å². The van der Waals surface area contributed by atoms with Crippen LogP contribution in [0.3, 0.4) is 0 Å². The molecule has 1 amide bonds. The highest BCUT2D eigenvalue weighted by molar-refractivity contribution is 7.98. The molecule has 7 N–H and O–H groups in total. The molecule has 3 heterocycles. The van der Waals surface area contributed by atoms with Crippen molar-refractivity contribution in [3.8, 4) is 0 Å². The quantitative estimate of drug-likeness (QED) is 0.227. The molecule has 0 unspecified atom stereocenters. The SMILES string of the molecule is CSCC[C@H](N)C(=O)N(O)C[C@H]1O[C@@H](CCn2cnc3c(N)ncnc32)[C@H](O)[C@@H]1O. The molecule has 0 saturated carbocycles. The highest BCUT2D eigenvalue weighted by Crippen LogP contribution is 2.25. The maximum atomic E-state index is 12.1. The molecule has 2 aromatic rings. The number of aliphatic hydroxyl groups excluding tert-OH is 2. The van der Waals surface area contributed by atoms with Crippen LogP contribution in [0.15, 0.2) is 12.7 Å². The van der Waals surface area contributed by atoms with Crippen molar-refractivity contribution in [1.82, 2.24) is 24.6 Å². The third-order valence-electron chi connectivity index (χ3n) is 5.10. The lowest BCUT2D eigenvalue weighted by Crippen LogP contribution is -2.47. The van der Waals surface area contributed by atoms with E-state index in [9.17, 15) is 20.2 Å². The molecule has 5 atom stereocenters. The molecule has 0 radical (unpaired) electrons. The van der Waals surface area contributed by atoms with Crippen LogP contribution in [-0.4, -0.2) is 94.9 Å². The Morgan fingerprint density at radius 3 is 2.80 bits per heavy atom. The predicted molar refractivity (Wildman–Crippen MR) is 110 cm³/mol. The number of rotatable bonds is 9. The first-order chi connectivity index (χ1) is 14.3. The second kappa shape index (κ2) is 9.85. The molecule has 3 rings (SSSR count). The van der Waals surface area contributed by atoms with Crippen LogP contribution in [0.25, 0.3) is 11.2 Å². The zero-order valence-electron chi connectivity index (χ0n) is 16.5. The number of anilines is 1. The highest BCUT2D eigenvalue weighted by atomic mass is 32.2. The first-order valence-electron chi connectivity index (χ1n) is 9.51. The van der Waals surface area contributed by atoms with Gasteiger partial charge in [-0.15, -0.1) is 0 Å². The Labute approximate surface area is 177 Å². The maximum Gasteiger partial charge on any atom is 0.262 e. The monoisotopic (exact) mass is 441 g/mol. The zero-order valence-corrected chi connectivity index (χ0v) is 17.4. The van der Waals surface area contributed by atoms with Crippen LogP contribution < -0.4 is 11.5 Å². The topological polar surface area (TPSA) is 186 Å². The van der Waals surface area contributed by atoms with Crippen molar-refractivity contribution in [2.45, 2.75) is 49.8 Å². The fourth-order valence-corrected chi connectivity index (χ4v) is 3.85. The van der Waals surface area contributed by atoms with Crippen molar-refractivity contribution in [3.05, 3.63) is 12.7 Å². The summed E-state index contributed by atoms with van der Waals surface area (Å²) in [5.41, 5.74) is 12.6. The Hall–Kier alpha value is -2.03. The lowest BCUT2D eigenvalue weighted by Gasteiger charge is -2.23. The van der Waals surface area contributed by atoms with Gasteiger partial charge >= 0.3 is 0 Å². The van der Waals surface area contributed by atoms with E-state index >= 15 is 0 Å². The van der Waals surface area contributed by atoms with Crippen LogP contribution in [0.4, 0.5) is 5.82 Å². The average Bonchev–Trinajstić information content (AvgIpc) is 3.27. The summed E-state index contributed by atoms with van der Waals surface area (Å²) in [6.45, 7) is 0.105. The molecule has 0 aliphatic carbocycles. The molecule has 12 nitrogen and oxygen atoms in total. The molecule has 0 bridgehead atoms. The van der Waals surface area contributed by atoms with Gasteiger partial charge in [-0.1, -0.05) is 0 Å². The van der Waals surface area contributed by atoms with Crippen molar-refractivity contribution < 1.29 is 25.0 Å². The smallest absolute Gasteiger partial charge is 0.262 e. The minimum absolute atomic E-state index is 0.273. The molecule has 1 fully saturated rings. The van der Waals surface area contributed by atoms with Crippen LogP contribution in [0.2, 0.25) is 0 Å². The number of hydrogen-bond donors (Lipinski definition) is 5. The summed E-state index contributed by atoms with van der Waals surface area (Å²) < 4.78 is 7.46. The van der Waals surface area contributed by atoms with Gasteiger partial charge in [0.15, 0.2) is 11.5 Å². The van der Waals surface area contributed by atoms with Crippen molar-refractivity contribution in [1.29, 1.82) is 0 Å². The zero-order chi connectivity index (χ0) is 21.8. The number of nitrogen functional groups attached to an aromatic ring is 1. The molecule has 13 heteroatoms. The fourth-order valence-electron chi connectivity index (χ4n) is 3.36. The van der Waals surface area contributed by atoms with Crippen molar-refractivity contribution in [2.75, 3.05) is 24.3 Å². The van der Waals surface area contributed by atoms with E-state index in [-0.39, 0.29) is 12.4 Å². The summed E-state index contributed by atoms with van der Waals surface area (Å²) in [6.07, 6.45) is 1.50. The van der Waals surface area contributed by atoms with Gasteiger partial charge in [0.1, 0.15) is 30.2 Å². The summed E-state index contributed by atoms with van der Waals surface area (Å²) in [6, 6.07) is -0.842. The number of ether oxygens (including phenoxy) is 1. The molecule has 166 valence electrons. The lowest BCUT2D eigenvalue weighted by atomic mass is 10.1. The van der Waals surface area contributed by atoms with Crippen LogP contribution in [0, 0.1) is 0 Å². The van der Waals surface area contributed by atoms with E-state index in [1.54, 1.807) is 22.7 Å². The number of amides is 1. The average molecular weight is 442 g/mol. The molecule has 0 aromatic carbocycles. The molecule has 1 aliphatic rings. The third kappa shape index (κ3) is 4.82. The van der Waals surface area contributed by atoms with E-state index < -0.39 is 36.4 Å². The van der Waals surface area contributed by atoms with Crippen LogP contribution >= 0.6 is 11.8 Å². The Balaban J connectivity index is 1.57.